The molecule has 0 aliphatic carbocycles. The van der Waals surface area contributed by atoms with Gasteiger partial charge in [-0.25, -0.2) is 0 Å². The number of carboxylic acids is 1. The molecule has 1 aromatic heterocycles. The molecule has 2 heterocycles. The van der Waals surface area contributed by atoms with Crippen molar-refractivity contribution in [3.8, 4) is 0 Å². The zero-order chi connectivity index (χ0) is 15.2. The molecule has 0 saturated carbocycles. The van der Waals surface area contributed by atoms with E-state index in [0.717, 1.165) is 4.88 Å². The van der Waals surface area contributed by atoms with Crippen LogP contribution >= 0.6 is 11.3 Å². The van der Waals surface area contributed by atoms with Crippen LogP contribution in [0.15, 0.2) is 17.5 Å². The van der Waals surface area contributed by atoms with Gasteiger partial charge in [0.25, 0.3) is 0 Å². The highest BCUT2D eigenvalue weighted by molar-refractivity contribution is 7.10. The van der Waals surface area contributed by atoms with Crippen LogP contribution in [0.3, 0.4) is 0 Å². The quantitative estimate of drug-likeness (QED) is 0.700. The number of amides is 1. The Balaban J connectivity index is 1.85. The highest BCUT2D eigenvalue weighted by Crippen LogP contribution is 2.18. The van der Waals surface area contributed by atoms with E-state index in [9.17, 15) is 14.6 Å². The van der Waals surface area contributed by atoms with Crippen LogP contribution in [0.2, 0.25) is 0 Å². The summed E-state index contributed by atoms with van der Waals surface area (Å²) < 4.78 is 5.33. The van der Waals surface area contributed by atoms with Crippen molar-refractivity contribution in [2.45, 2.75) is 44.1 Å². The molecule has 1 fully saturated rings. The summed E-state index contributed by atoms with van der Waals surface area (Å²) in [5.74, 6) is -1.61. The Hall–Kier alpha value is -1.38. The van der Waals surface area contributed by atoms with Gasteiger partial charge in [0.1, 0.15) is 0 Å². The molecule has 114 valence electrons. The number of carbonyl (C=O) groups is 2. The minimum atomic E-state index is -1.16. The van der Waals surface area contributed by atoms with Crippen molar-refractivity contribution in [2.75, 3.05) is 0 Å². The molecule has 0 spiro atoms. The van der Waals surface area contributed by atoms with Gasteiger partial charge in [0.15, 0.2) is 0 Å². The topological polar surface area (TPSA) is 95.9 Å². The second-order valence-corrected chi connectivity index (χ2v) is 6.14. The molecule has 1 aliphatic rings. The van der Waals surface area contributed by atoms with Crippen molar-refractivity contribution in [1.29, 1.82) is 0 Å². The highest BCUT2D eigenvalue weighted by Gasteiger charge is 2.34. The fourth-order valence-corrected chi connectivity index (χ4v) is 3.09. The Morgan fingerprint density at radius 1 is 1.48 bits per heavy atom. The fraction of sp³-hybridized carbons (Fsp3) is 0.538. The number of nitrogens with one attached hydrogen (secondary N) is 1. The lowest BCUT2D eigenvalue weighted by atomic mass is 9.76. The second kappa shape index (κ2) is 7.58. The average Bonchev–Trinajstić information content (AvgIpc) is 2.83. The van der Waals surface area contributed by atoms with Crippen LogP contribution in [0.1, 0.15) is 30.6 Å². The first-order valence-corrected chi connectivity index (χ1v) is 7.79. The van der Waals surface area contributed by atoms with Gasteiger partial charge < -0.3 is 20.1 Å². The largest absolute Gasteiger partial charge is 0.481 e. The van der Waals surface area contributed by atoms with Crippen molar-refractivity contribution in [3.63, 3.8) is 0 Å². The number of aliphatic carboxylic acids is 1. The van der Waals surface area contributed by atoms with E-state index in [1.165, 1.54) is 11.3 Å². The lowest BCUT2D eigenvalue weighted by Gasteiger charge is -2.20. The van der Waals surface area contributed by atoms with Gasteiger partial charge in [0.2, 0.25) is 5.91 Å². The summed E-state index contributed by atoms with van der Waals surface area (Å²) in [5.41, 5.74) is 0. The molecule has 0 bridgehead atoms. The van der Waals surface area contributed by atoms with Gasteiger partial charge in [0, 0.05) is 4.88 Å². The third kappa shape index (κ3) is 5.15. The molecule has 0 radical (unpaired) electrons. The molecular weight excluding hydrogens is 293 g/mol. The summed E-state index contributed by atoms with van der Waals surface area (Å²) in [4.78, 5) is 23.6. The van der Waals surface area contributed by atoms with Gasteiger partial charge in [-0.3, -0.25) is 9.59 Å². The third-order valence-electron chi connectivity index (χ3n) is 3.38. The lowest BCUT2D eigenvalue weighted by molar-refractivity contribution is -0.139. The molecule has 3 N–H and O–H groups in total. The molecule has 6 nitrogen and oxygen atoms in total. The molecular formula is C13H18BNO5S. The summed E-state index contributed by atoms with van der Waals surface area (Å²) in [6.45, 7) is 0. The van der Waals surface area contributed by atoms with Crippen LogP contribution in [-0.4, -0.2) is 41.2 Å². The molecule has 1 amide bonds. The molecule has 1 aliphatic heterocycles. The van der Waals surface area contributed by atoms with Crippen molar-refractivity contribution < 1.29 is 24.4 Å². The van der Waals surface area contributed by atoms with E-state index in [-0.39, 0.29) is 18.7 Å². The lowest BCUT2D eigenvalue weighted by Crippen LogP contribution is -2.48. The minimum absolute atomic E-state index is 0.132. The Labute approximate surface area is 127 Å². The first kappa shape index (κ1) is 16.0. The SMILES string of the molecule is O=C(O)C[C@H]1CCC[C@H](NC(=O)Cc2cccs2)B(O)O1. The molecule has 8 heteroatoms. The van der Waals surface area contributed by atoms with E-state index in [1.54, 1.807) is 0 Å². The smallest absolute Gasteiger partial charge is 0.478 e. The van der Waals surface area contributed by atoms with Gasteiger partial charge >= 0.3 is 13.1 Å². The molecule has 2 rings (SSSR count). The van der Waals surface area contributed by atoms with Crippen LogP contribution < -0.4 is 5.32 Å². The zero-order valence-electron chi connectivity index (χ0n) is 11.5. The second-order valence-electron chi connectivity index (χ2n) is 5.11. The monoisotopic (exact) mass is 311 g/mol. The van der Waals surface area contributed by atoms with Crippen LogP contribution in [-0.2, 0) is 20.7 Å². The van der Waals surface area contributed by atoms with Crippen LogP contribution in [0.4, 0.5) is 0 Å². The first-order valence-electron chi connectivity index (χ1n) is 6.91. The van der Waals surface area contributed by atoms with Crippen molar-refractivity contribution >= 4 is 30.3 Å². The maximum atomic E-state index is 11.9. The van der Waals surface area contributed by atoms with Crippen molar-refractivity contribution in [3.05, 3.63) is 22.4 Å². The molecule has 0 unspecified atom stereocenters. The van der Waals surface area contributed by atoms with Crippen LogP contribution in [0.25, 0.3) is 0 Å². The summed E-state index contributed by atoms with van der Waals surface area (Å²) in [6, 6.07) is 3.76. The Bertz CT molecular complexity index is 481. The number of thiophene rings is 1. The number of hydrogen-bond acceptors (Lipinski definition) is 5. The Morgan fingerprint density at radius 3 is 2.95 bits per heavy atom. The maximum Gasteiger partial charge on any atom is 0.478 e. The Morgan fingerprint density at radius 2 is 2.29 bits per heavy atom. The third-order valence-corrected chi connectivity index (χ3v) is 4.26. The van der Waals surface area contributed by atoms with Gasteiger partial charge in [0.05, 0.1) is 24.9 Å². The average molecular weight is 311 g/mol. The molecule has 1 saturated heterocycles. The van der Waals surface area contributed by atoms with Crippen LogP contribution in [0.5, 0.6) is 0 Å². The van der Waals surface area contributed by atoms with E-state index in [4.69, 9.17) is 9.76 Å². The van der Waals surface area contributed by atoms with Gasteiger partial charge in [-0.2, -0.15) is 0 Å². The zero-order valence-corrected chi connectivity index (χ0v) is 12.3. The summed E-state index contributed by atoms with van der Waals surface area (Å²) in [6.07, 6.45) is 1.50. The van der Waals surface area contributed by atoms with Crippen molar-refractivity contribution in [2.24, 2.45) is 0 Å². The van der Waals surface area contributed by atoms with E-state index >= 15 is 0 Å². The molecule has 0 aromatic carbocycles. The first-order chi connectivity index (χ1) is 10.0. The van der Waals surface area contributed by atoms with E-state index in [2.05, 4.69) is 5.32 Å². The number of hydrogen-bond donors (Lipinski definition) is 3. The maximum absolute atomic E-state index is 11.9. The van der Waals surface area contributed by atoms with Crippen molar-refractivity contribution in [1.82, 2.24) is 5.32 Å². The predicted molar refractivity (Wildman–Crippen MR) is 78.9 cm³/mol. The number of carbonyl (C=O) groups excluding carboxylic acids is 1. The van der Waals surface area contributed by atoms with Gasteiger partial charge in [-0.15, -0.1) is 11.3 Å². The summed E-state index contributed by atoms with van der Waals surface area (Å²) >= 11 is 1.51. The van der Waals surface area contributed by atoms with E-state index in [1.807, 2.05) is 17.5 Å². The molecule has 21 heavy (non-hydrogen) atoms. The number of carboxylic acid groups (broad SMARTS) is 1. The number of rotatable bonds is 5. The minimum Gasteiger partial charge on any atom is -0.481 e. The normalized spacial score (nSPS) is 22.6. The van der Waals surface area contributed by atoms with E-state index < -0.39 is 25.1 Å². The Kier molecular flexibility index (Phi) is 5.78. The predicted octanol–water partition coefficient (Wildman–Crippen LogP) is 0.839. The molecule has 2 atom stereocenters. The van der Waals surface area contributed by atoms with E-state index in [0.29, 0.717) is 19.3 Å². The molecule has 1 aromatic rings. The highest BCUT2D eigenvalue weighted by atomic mass is 32.1. The van der Waals surface area contributed by atoms with Gasteiger partial charge in [-0.1, -0.05) is 6.07 Å². The fourth-order valence-electron chi connectivity index (χ4n) is 2.39. The van der Waals surface area contributed by atoms with Gasteiger partial charge in [-0.05, 0) is 30.7 Å². The summed E-state index contributed by atoms with van der Waals surface area (Å²) in [7, 11) is -1.16. The standard InChI is InChI=1S/C13H18BNO5S/c16-12(8-10-4-2-6-21-10)15-11-5-1-3-9(7-13(17)18)20-14(11)19/h2,4,6,9,11,19H,1,3,5,7-8H2,(H,15,16)(H,17,18)/t9-,11+/m1/s1. The van der Waals surface area contributed by atoms with Crippen LogP contribution in [0, 0.1) is 0 Å². The summed E-state index contributed by atoms with van der Waals surface area (Å²) in [5, 5.41) is 23.4.